The molecule has 118 valence electrons. The van der Waals surface area contributed by atoms with E-state index in [9.17, 15) is 4.79 Å². The second kappa shape index (κ2) is 5.81. The molecule has 0 unspecified atom stereocenters. The van der Waals surface area contributed by atoms with Crippen LogP contribution in [0, 0.1) is 0 Å². The zero-order valence-electron chi connectivity index (χ0n) is 12.4. The van der Waals surface area contributed by atoms with Crippen LogP contribution in [0.3, 0.4) is 0 Å². The summed E-state index contributed by atoms with van der Waals surface area (Å²) in [6, 6.07) is 0.380. The summed E-state index contributed by atoms with van der Waals surface area (Å²) in [5.74, 6) is 0.953. The largest absolute Gasteiger partial charge is 0.381 e. The summed E-state index contributed by atoms with van der Waals surface area (Å²) in [5.41, 5.74) is 0. The molecule has 0 radical (unpaired) electrons. The Morgan fingerprint density at radius 2 is 2.05 bits per heavy atom. The number of ether oxygens (including phenoxy) is 2. The van der Waals surface area contributed by atoms with E-state index in [-0.39, 0.29) is 30.7 Å². The number of rotatable bonds is 2. The molecular formula is C15H20N4O3. The molecule has 0 N–H and O–H groups in total. The molecule has 4 heterocycles. The number of hydrogen-bond donors (Lipinski definition) is 0. The summed E-state index contributed by atoms with van der Waals surface area (Å²) < 4.78 is 11.2. The van der Waals surface area contributed by atoms with E-state index in [1.807, 2.05) is 0 Å². The van der Waals surface area contributed by atoms with E-state index in [0.29, 0.717) is 0 Å². The van der Waals surface area contributed by atoms with Crippen molar-refractivity contribution in [2.24, 2.45) is 0 Å². The number of aromatic nitrogens is 2. The molecule has 0 spiro atoms. The molecular weight excluding hydrogens is 284 g/mol. The molecule has 3 fully saturated rings. The van der Waals surface area contributed by atoms with E-state index in [1.54, 1.807) is 18.6 Å². The van der Waals surface area contributed by atoms with Crippen molar-refractivity contribution in [3.63, 3.8) is 0 Å². The third-order valence-electron chi connectivity index (χ3n) is 4.76. The normalized spacial score (nSPS) is 29.7. The number of hydrogen-bond acceptors (Lipinski definition) is 6. The summed E-state index contributed by atoms with van der Waals surface area (Å²) in [7, 11) is 0. The summed E-state index contributed by atoms with van der Waals surface area (Å²) >= 11 is 0. The molecule has 3 aliphatic heterocycles. The highest BCUT2D eigenvalue weighted by Crippen LogP contribution is 2.30. The smallest absolute Gasteiger partial charge is 0.249 e. The third-order valence-corrected chi connectivity index (χ3v) is 4.76. The highest BCUT2D eigenvalue weighted by Gasteiger charge is 2.46. The third kappa shape index (κ3) is 2.44. The quantitative estimate of drug-likeness (QED) is 0.770. The van der Waals surface area contributed by atoms with Crippen molar-refractivity contribution in [3.8, 4) is 0 Å². The van der Waals surface area contributed by atoms with E-state index in [0.717, 1.165) is 45.0 Å². The van der Waals surface area contributed by atoms with Gasteiger partial charge in [0.2, 0.25) is 5.91 Å². The number of morpholine rings is 1. The lowest BCUT2D eigenvalue weighted by atomic mass is 10.0. The number of nitrogens with zero attached hydrogens (tertiary/aromatic N) is 4. The van der Waals surface area contributed by atoms with Crippen molar-refractivity contribution in [2.45, 2.75) is 31.0 Å². The van der Waals surface area contributed by atoms with Gasteiger partial charge in [-0.3, -0.25) is 9.78 Å². The Hall–Kier alpha value is -1.73. The number of carbonyl (C=O) groups excluding carboxylic acids is 1. The fraction of sp³-hybridized carbons (Fsp3) is 0.667. The second-order valence-electron chi connectivity index (χ2n) is 6.03. The summed E-state index contributed by atoms with van der Waals surface area (Å²) in [6.07, 6.45) is 7.01. The SMILES string of the molecule is O=C1CO[C@H]2CN(c3cnccn3)C[C@@H]2N1C1CCOCC1. The summed E-state index contributed by atoms with van der Waals surface area (Å²) in [4.78, 5) is 25.1. The molecule has 1 aromatic heterocycles. The number of amides is 1. The lowest BCUT2D eigenvalue weighted by Crippen LogP contribution is -2.58. The van der Waals surface area contributed by atoms with Crippen LogP contribution in [0.15, 0.2) is 18.6 Å². The van der Waals surface area contributed by atoms with E-state index in [4.69, 9.17) is 9.47 Å². The maximum absolute atomic E-state index is 12.4. The first-order valence-electron chi connectivity index (χ1n) is 7.84. The van der Waals surface area contributed by atoms with E-state index in [2.05, 4.69) is 19.8 Å². The van der Waals surface area contributed by atoms with Crippen LogP contribution >= 0.6 is 0 Å². The van der Waals surface area contributed by atoms with E-state index < -0.39 is 0 Å². The first kappa shape index (κ1) is 13.9. The van der Waals surface area contributed by atoms with Gasteiger partial charge in [-0.05, 0) is 12.8 Å². The molecule has 1 aromatic rings. The van der Waals surface area contributed by atoms with Crippen molar-refractivity contribution in [3.05, 3.63) is 18.6 Å². The van der Waals surface area contributed by atoms with Crippen molar-refractivity contribution >= 4 is 11.7 Å². The Morgan fingerprint density at radius 3 is 2.82 bits per heavy atom. The van der Waals surface area contributed by atoms with Gasteiger partial charge in [-0.2, -0.15) is 0 Å². The van der Waals surface area contributed by atoms with Gasteiger partial charge in [-0.15, -0.1) is 0 Å². The molecule has 0 saturated carbocycles. The van der Waals surface area contributed by atoms with Crippen LogP contribution in [0.4, 0.5) is 5.82 Å². The van der Waals surface area contributed by atoms with Crippen LogP contribution in [0.2, 0.25) is 0 Å². The van der Waals surface area contributed by atoms with E-state index in [1.165, 1.54) is 0 Å². The summed E-state index contributed by atoms with van der Waals surface area (Å²) in [5, 5.41) is 0. The zero-order valence-corrected chi connectivity index (χ0v) is 12.4. The average Bonchev–Trinajstić information content (AvgIpc) is 3.00. The molecule has 0 aliphatic carbocycles. The Balaban J connectivity index is 1.54. The number of anilines is 1. The summed E-state index contributed by atoms with van der Waals surface area (Å²) in [6.45, 7) is 3.18. The minimum atomic E-state index is 0.0579. The van der Waals surface area contributed by atoms with E-state index >= 15 is 0 Å². The van der Waals surface area contributed by atoms with Gasteiger partial charge in [0.25, 0.3) is 0 Å². The monoisotopic (exact) mass is 304 g/mol. The van der Waals surface area contributed by atoms with Gasteiger partial charge in [0.1, 0.15) is 12.4 Å². The van der Waals surface area contributed by atoms with Crippen molar-refractivity contribution in [1.29, 1.82) is 0 Å². The van der Waals surface area contributed by atoms with Gasteiger partial charge in [0, 0.05) is 44.7 Å². The van der Waals surface area contributed by atoms with Crippen molar-refractivity contribution in [2.75, 3.05) is 37.8 Å². The highest BCUT2D eigenvalue weighted by atomic mass is 16.5. The predicted molar refractivity (Wildman–Crippen MR) is 78.5 cm³/mol. The average molecular weight is 304 g/mol. The zero-order chi connectivity index (χ0) is 14.9. The lowest BCUT2D eigenvalue weighted by molar-refractivity contribution is -0.159. The Morgan fingerprint density at radius 1 is 1.18 bits per heavy atom. The van der Waals surface area contributed by atoms with Crippen LogP contribution in [0.5, 0.6) is 0 Å². The van der Waals surface area contributed by atoms with Crippen LogP contribution in [-0.2, 0) is 14.3 Å². The van der Waals surface area contributed by atoms with Gasteiger partial charge in [-0.25, -0.2) is 4.98 Å². The van der Waals surface area contributed by atoms with Crippen LogP contribution in [0.25, 0.3) is 0 Å². The Kier molecular flexibility index (Phi) is 3.67. The molecule has 22 heavy (non-hydrogen) atoms. The number of fused-ring (bicyclic) bond motifs is 1. The number of carbonyl (C=O) groups is 1. The van der Waals surface area contributed by atoms with Gasteiger partial charge < -0.3 is 19.3 Å². The molecule has 7 nitrogen and oxygen atoms in total. The Bertz CT molecular complexity index is 535. The second-order valence-corrected chi connectivity index (χ2v) is 6.03. The van der Waals surface area contributed by atoms with Gasteiger partial charge >= 0.3 is 0 Å². The maximum Gasteiger partial charge on any atom is 0.249 e. The molecule has 3 aliphatic rings. The predicted octanol–water partition coefficient (Wildman–Crippen LogP) is 0.0716. The molecule has 0 aromatic carbocycles. The molecule has 0 bridgehead atoms. The van der Waals surface area contributed by atoms with Gasteiger partial charge in [-0.1, -0.05) is 0 Å². The van der Waals surface area contributed by atoms with Crippen LogP contribution in [0.1, 0.15) is 12.8 Å². The fourth-order valence-electron chi connectivity index (χ4n) is 3.70. The van der Waals surface area contributed by atoms with Crippen LogP contribution < -0.4 is 4.90 Å². The topological polar surface area (TPSA) is 67.8 Å². The van der Waals surface area contributed by atoms with Crippen molar-refractivity contribution in [1.82, 2.24) is 14.9 Å². The molecule has 3 saturated heterocycles. The molecule has 2 atom stereocenters. The standard InChI is InChI=1S/C15H20N4O3/c20-15-10-22-13-9-18(14-7-16-3-4-17-14)8-12(13)19(15)11-1-5-21-6-2-11/h3-4,7,11-13H,1-2,5-6,8-10H2/t12-,13-/m0/s1. The molecule has 1 amide bonds. The van der Waals surface area contributed by atoms with Gasteiger partial charge in [0.05, 0.1) is 18.3 Å². The van der Waals surface area contributed by atoms with Crippen LogP contribution in [-0.4, -0.2) is 71.9 Å². The lowest BCUT2D eigenvalue weighted by Gasteiger charge is -2.43. The fourth-order valence-corrected chi connectivity index (χ4v) is 3.70. The minimum absolute atomic E-state index is 0.0579. The molecule has 7 heteroatoms. The first-order chi connectivity index (χ1) is 10.8. The van der Waals surface area contributed by atoms with Gasteiger partial charge in [0.15, 0.2) is 0 Å². The first-order valence-corrected chi connectivity index (χ1v) is 7.84. The van der Waals surface area contributed by atoms with Crippen molar-refractivity contribution < 1.29 is 14.3 Å². The minimum Gasteiger partial charge on any atom is -0.381 e. The Labute approximate surface area is 129 Å². The maximum atomic E-state index is 12.4. The highest BCUT2D eigenvalue weighted by molar-refractivity contribution is 5.79. The molecule has 4 rings (SSSR count).